The van der Waals surface area contributed by atoms with E-state index in [1.54, 1.807) is 12.1 Å². The fourth-order valence-corrected chi connectivity index (χ4v) is 2.43. The average Bonchev–Trinajstić information content (AvgIpc) is 2.27. The third kappa shape index (κ3) is 2.62. The van der Waals surface area contributed by atoms with Crippen molar-refractivity contribution in [2.75, 3.05) is 0 Å². The van der Waals surface area contributed by atoms with Gasteiger partial charge < -0.3 is 5.11 Å². The lowest BCUT2D eigenvalue weighted by atomic mass is 9.99. The Morgan fingerprint density at radius 2 is 1.61 bits per heavy atom. The first-order valence-electron chi connectivity index (χ1n) is 5.59. The second-order valence-electron chi connectivity index (χ2n) is 4.38. The fraction of sp³-hybridized carbons (Fsp3) is 0.133. The smallest absolute Gasteiger partial charge is 0.336 e. The lowest BCUT2D eigenvalue weighted by molar-refractivity contribution is 0.0696. The normalized spacial score (nSPS) is 10.4. The highest BCUT2D eigenvalue weighted by Gasteiger charge is 2.10. The number of hydrogen-bond donors (Lipinski definition) is 1. The van der Waals surface area contributed by atoms with Crippen LogP contribution in [0.15, 0.2) is 40.9 Å². The number of benzene rings is 2. The fourth-order valence-electron chi connectivity index (χ4n) is 2.01. The summed E-state index contributed by atoms with van der Waals surface area (Å²) in [7, 11) is 0. The van der Waals surface area contributed by atoms with Gasteiger partial charge in [-0.15, -0.1) is 0 Å². The molecule has 2 aromatic carbocycles. The minimum absolute atomic E-state index is 0.284. The topological polar surface area (TPSA) is 37.3 Å². The minimum Gasteiger partial charge on any atom is -0.478 e. The van der Waals surface area contributed by atoms with E-state index in [9.17, 15) is 4.79 Å². The standard InChI is InChI=1S/C15H13BrO2/c1-9-5-10(2)7-12(6-9)11-3-4-14(16)13(8-11)15(17)18/h3-8H,1-2H3,(H,17,18). The highest BCUT2D eigenvalue weighted by atomic mass is 79.9. The first kappa shape index (κ1) is 12.8. The largest absolute Gasteiger partial charge is 0.478 e. The number of carboxylic acids is 1. The Bertz CT molecular complexity index is 598. The third-order valence-corrected chi connectivity index (χ3v) is 3.44. The van der Waals surface area contributed by atoms with Crippen LogP contribution >= 0.6 is 15.9 Å². The van der Waals surface area contributed by atoms with Crippen LogP contribution in [0.1, 0.15) is 21.5 Å². The van der Waals surface area contributed by atoms with Crippen LogP contribution < -0.4 is 0 Å². The van der Waals surface area contributed by atoms with Gasteiger partial charge in [0.1, 0.15) is 0 Å². The predicted octanol–water partition coefficient (Wildman–Crippen LogP) is 4.43. The van der Waals surface area contributed by atoms with Crippen molar-refractivity contribution in [2.45, 2.75) is 13.8 Å². The van der Waals surface area contributed by atoms with Crippen LogP contribution in [0, 0.1) is 13.8 Å². The van der Waals surface area contributed by atoms with Crippen LogP contribution in [0.2, 0.25) is 0 Å². The number of aryl methyl sites for hydroxylation is 2. The quantitative estimate of drug-likeness (QED) is 0.891. The molecule has 18 heavy (non-hydrogen) atoms. The highest BCUT2D eigenvalue weighted by Crippen LogP contribution is 2.27. The number of carbonyl (C=O) groups is 1. The van der Waals surface area contributed by atoms with Crippen LogP contribution in [-0.2, 0) is 0 Å². The summed E-state index contributed by atoms with van der Waals surface area (Å²) >= 11 is 3.25. The molecule has 3 heteroatoms. The Morgan fingerprint density at radius 1 is 1.00 bits per heavy atom. The van der Waals surface area contributed by atoms with E-state index in [2.05, 4.69) is 34.1 Å². The maximum atomic E-state index is 11.1. The summed E-state index contributed by atoms with van der Waals surface area (Å²) in [4.78, 5) is 11.1. The molecule has 2 aromatic rings. The van der Waals surface area contributed by atoms with Crippen LogP contribution in [0.4, 0.5) is 0 Å². The van der Waals surface area contributed by atoms with Crippen molar-refractivity contribution in [1.82, 2.24) is 0 Å². The number of carboxylic acid groups (broad SMARTS) is 1. The van der Waals surface area contributed by atoms with Crippen LogP contribution in [0.25, 0.3) is 11.1 Å². The van der Waals surface area contributed by atoms with E-state index in [4.69, 9.17) is 5.11 Å². The monoisotopic (exact) mass is 304 g/mol. The SMILES string of the molecule is Cc1cc(C)cc(-c2ccc(Br)c(C(=O)O)c2)c1. The Kier molecular flexibility index (Phi) is 3.53. The summed E-state index contributed by atoms with van der Waals surface area (Å²) in [5.74, 6) is -0.923. The molecule has 0 unspecified atom stereocenters. The van der Waals surface area contributed by atoms with E-state index in [0.717, 1.165) is 11.1 Å². The van der Waals surface area contributed by atoms with Gasteiger partial charge in [0.25, 0.3) is 0 Å². The molecule has 0 atom stereocenters. The number of rotatable bonds is 2. The zero-order valence-electron chi connectivity index (χ0n) is 10.2. The second kappa shape index (κ2) is 4.94. The molecule has 0 aliphatic rings. The molecule has 0 aliphatic heterocycles. The van der Waals surface area contributed by atoms with Gasteiger partial charge in [-0.3, -0.25) is 0 Å². The average molecular weight is 305 g/mol. The Hall–Kier alpha value is -1.61. The summed E-state index contributed by atoms with van der Waals surface area (Å²) < 4.78 is 0.600. The molecule has 0 spiro atoms. The summed E-state index contributed by atoms with van der Waals surface area (Å²) in [5.41, 5.74) is 4.59. The Morgan fingerprint density at radius 3 is 2.17 bits per heavy atom. The van der Waals surface area contributed by atoms with Crippen molar-refractivity contribution in [2.24, 2.45) is 0 Å². The van der Waals surface area contributed by atoms with Crippen molar-refractivity contribution >= 4 is 21.9 Å². The molecular weight excluding hydrogens is 292 g/mol. The molecule has 0 saturated carbocycles. The van der Waals surface area contributed by atoms with E-state index in [1.165, 1.54) is 11.1 Å². The van der Waals surface area contributed by atoms with Crippen LogP contribution in [-0.4, -0.2) is 11.1 Å². The van der Waals surface area contributed by atoms with Gasteiger partial charge in [0.15, 0.2) is 0 Å². The molecule has 0 fully saturated rings. The van der Waals surface area contributed by atoms with Crippen molar-refractivity contribution in [3.05, 3.63) is 57.6 Å². The lowest BCUT2D eigenvalue weighted by Crippen LogP contribution is -1.98. The zero-order chi connectivity index (χ0) is 13.3. The summed E-state index contributed by atoms with van der Waals surface area (Å²) in [6.07, 6.45) is 0. The number of halogens is 1. The van der Waals surface area contributed by atoms with E-state index in [1.807, 2.05) is 19.9 Å². The van der Waals surface area contributed by atoms with E-state index >= 15 is 0 Å². The van der Waals surface area contributed by atoms with E-state index in [-0.39, 0.29) is 5.56 Å². The molecule has 0 aromatic heterocycles. The first-order chi connectivity index (χ1) is 8.47. The molecule has 0 radical (unpaired) electrons. The molecule has 2 nitrogen and oxygen atoms in total. The zero-order valence-corrected chi connectivity index (χ0v) is 11.8. The van der Waals surface area contributed by atoms with Gasteiger partial charge in [-0.25, -0.2) is 4.79 Å². The minimum atomic E-state index is -0.923. The molecule has 0 aliphatic carbocycles. The van der Waals surface area contributed by atoms with Gasteiger partial charge in [0, 0.05) is 4.47 Å². The highest BCUT2D eigenvalue weighted by molar-refractivity contribution is 9.10. The van der Waals surface area contributed by atoms with Gasteiger partial charge >= 0.3 is 5.97 Å². The Balaban J connectivity index is 2.57. The van der Waals surface area contributed by atoms with Crippen LogP contribution in [0.5, 0.6) is 0 Å². The number of aromatic carboxylic acids is 1. The maximum Gasteiger partial charge on any atom is 0.336 e. The third-order valence-electron chi connectivity index (χ3n) is 2.75. The summed E-state index contributed by atoms with van der Waals surface area (Å²) in [6.45, 7) is 4.07. The van der Waals surface area contributed by atoms with Crippen LogP contribution in [0.3, 0.4) is 0 Å². The molecule has 0 heterocycles. The Labute approximate surface area is 114 Å². The molecule has 92 valence electrons. The van der Waals surface area contributed by atoms with Crippen molar-refractivity contribution in [3.8, 4) is 11.1 Å². The lowest BCUT2D eigenvalue weighted by Gasteiger charge is -2.07. The van der Waals surface area contributed by atoms with Gasteiger partial charge in [-0.1, -0.05) is 35.4 Å². The van der Waals surface area contributed by atoms with Gasteiger partial charge in [0.2, 0.25) is 0 Å². The van der Waals surface area contributed by atoms with Crippen molar-refractivity contribution in [1.29, 1.82) is 0 Å². The van der Waals surface area contributed by atoms with E-state index in [0.29, 0.717) is 4.47 Å². The van der Waals surface area contributed by atoms with Gasteiger partial charge in [-0.05, 0) is 53.0 Å². The number of hydrogen-bond acceptors (Lipinski definition) is 1. The second-order valence-corrected chi connectivity index (χ2v) is 5.23. The van der Waals surface area contributed by atoms with Gasteiger partial charge in [0.05, 0.1) is 5.56 Å². The summed E-state index contributed by atoms with van der Waals surface area (Å²) in [6, 6.07) is 11.6. The van der Waals surface area contributed by atoms with E-state index < -0.39 is 5.97 Å². The summed E-state index contributed by atoms with van der Waals surface area (Å²) in [5, 5.41) is 9.12. The first-order valence-corrected chi connectivity index (χ1v) is 6.38. The molecular formula is C15H13BrO2. The molecule has 0 amide bonds. The van der Waals surface area contributed by atoms with Crippen molar-refractivity contribution in [3.63, 3.8) is 0 Å². The molecule has 0 saturated heterocycles. The molecule has 1 N–H and O–H groups in total. The van der Waals surface area contributed by atoms with Crippen molar-refractivity contribution < 1.29 is 9.90 Å². The predicted molar refractivity (Wildman–Crippen MR) is 76.0 cm³/mol. The maximum absolute atomic E-state index is 11.1. The molecule has 0 bridgehead atoms. The van der Waals surface area contributed by atoms with Gasteiger partial charge in [-0.2, -0.15) is 0 Å². The molecule has 2 rings (SSSR count).